The monoisotopic (exact) mass is 560 g/mol. The predicted octanol–water partition coefficient (Wildman–Crippen LogP) is 6.24. The van der Waals surface area contributed by atoms with E-state index in [1.54, 1.807) is 25.1 Å². The number of hydrogen-bond donors (Lipinski definition) is 1. The summed E-state index contributed by atoms with van der Waals surface area (Å²) in [5, 5.41) is 10.9. The molecule has 8 nitrogen and oxygen atoms in total. The molecule has 0 fully saturated rings. The van der Waals surface area contributed by atoms with Gasteiger partial charge >= 0.3 is 6.18 Å². The van der Waals surface area contributed by atoms with E-state index in [9.17, 15) is 18.0 Å². The molecule has 2 heterocycles. The summed E-state index contributed by atoms with van der Waals surface area (Å²) in [6.45, 7) is 7.03. The Morgan fingerprint density at radius 1 is 1.05 bits per heavy atom. The Morgan fingerprint density at radius 2 is 1.77 bits per heavy atom. The maximum atomic E-state index is 13.0. The van der Waals surface area contributed by atoms with Crippen molar-refractivity contribution in [3.05, 3.63) is 59.2 Å². The van der Waals surface area contributed by atoms with Crippen LogP contribution < -0.4 is 14.2 Å². The molecule has 4 rings (SSSR count). The van der Waals surface area contributed by atoms with Crippen LogP contribution in [0.2, 0.25) is 0 Å². The van der Waals surface area contributed by atoms with Gasteiger partial charge in [-0.2, -0.15) is 28.3 Å². The Labute approximate surface area is 228 Å². The lowest BCUT2D eigenvalue weighted by Gasteiger charge is -2.20. The van der Waals surface area contributed by atoms with E-state index >= 15 is 0 Å². The van der Waals surface area contributed by atoms with Gasteiger partial charge in [-0.3, -0.25) is 10.2 Å². The first-order chi connectivity index (χ1) is 18.6. The Bertz CT molecular complexity index is 1340. The molecule has 0 bridgehead atoms. The van der Waals surface area contributed by atoms with Gasteiger partial charge in [-0.15, -0.1) is 0 Å². The number of benzene rings is 2. The van der Waals surface area contributed by atoms with Crippen LogP contribution in [0, 0.1) is 5.41 Å². The first-order valence-electron chi connectivity index (χ1n) is 12.3. The summed E-state index contributed by atoms with van der Waals surface area (Å²) in [5.74, 6) is 0.758. The van der Waals surface area contributed by atoms with Crippen molar-refractivity contribution < 1.29 is 32.2 Å². The van der Waals surface area contributed by atoms with Crippen LogP contribution in [0.1, 0.15) is 44.2 Å². The minimum Gasteiger partial charge on any atom is -0.490 e. The van der Waals surface area contributed by atoms with E-state index in [4.69, 9.17) is 19.6 Å². The summed E-state index contributed by atoms with van der Waals surface area (Å²) >= 11 is 0.204. The van der Waals surface area contributed by atoms with E-state index in [0.717, 1.165) is 12.2 Å². The third kappa shape index (κ3) is 6.62. The van der Waals surface area contributed by atoms with Crippen LogP contribution >= 0.6 is 11.8 Å². The second-order valence-corrected chi connectivity index (χ2v) is 9.59. The second-order valence-electron chi connectivity index (χ2n) is 8.64. The SMILES string of the molecule is CCOc1cc(/C=C2\C(=N)N3N=C(C(F)(F)F)SC3=NC2=O)ccc1OCCOc1ccc([C@H](C)CC)cc1. The summed E-state index contributed by atoms with van der Waals surface area (Å²) in [6, 6.07) is 12.9. The quantitative estimate of drug-likeness (QED) is 0.273. The number of rotatable bonds is 10. The molecule has 0 aromatic heterocycles. The van der Waals surface area contributed by atoms with Crippen molar-refractivity contribution in [1.82, 2.24) is 5.01 Å². The van der Waals surface area contributed by atoms with E-state index in [2.05, 4.69) is 36.1 Å². The normalized spacial score (nSPS) is 17.1. The van der Waals surface area contributed by atoms with Crippen LogP contribution in [0.25, 0.3) is 6.08 Å². The molecule has 12 heteroatoms. The maximum absolute atomic E-state index is 13.0. The van der Waals surface area contributed by atoms with Gasteiger partial charge in [0.05, 0.1) is 12.2 Å². The fourth-order valence-electron chi connectivity index (χ4n) is 3.71. The van der Waals surface area contributed by atoms with Crippen molar-refractivity contribution in [3.8, 4) is 17.2 Å². The highest BCUT2D eigenvalue weighted by Gasteiger charge is 2.46. The number of amidine groups is 2. The van der Waals surface area contributed by atoms with Gasteiger partial charge < -0.3 is 14.2 Å². The third-order valence-corrected chi connectivity index (χ3v) is 6.90. The average molecular weight is 561 g/mol. The first-order valence-corrected chi connectivity index (χ1v) is 13.1. The van der Waals surface area contributed by atoms with Crippen LogP contribution in [-0.4, -0.2) is 53.0 Å². The highest BCUT2D eigenvalue weighted by atomic mass is 32.2. The maximum Gasteiger partial charge on any atom is 0.441 e. The molecule has 206 valence electrons. The molecule has 2 aliphatic rings. The molecule has 1 atom stereocenters. The molecule has 0 saturated heterocycles. The van der Waals surface area contributed by atoms with Gasteiger partial charge in [-0.05, 0) is 72.5 Å². The fourth-order valence-corrected chi connectivity index (χ4v) is 4.47. The number of fused-ring (bicyclic) bond motifs is 1. The number of carbonyl (C=O) groups is 1. The summed E-state index contributed by atoms with van der Waals surface area (Å²) in [4.78, 5) is 16.2. The highest BCUT2D eigenvalue weighted by Crippen LogP contribution is 2.36. The van der Waals surface area contributed by atoms with Gasteiger partial charge in [-0.25, -0.2) is 0 Å². The van der Waals surface area contributed by atoms with Crippen molar-refractivity contribution in [3.63, 3.8) is 0 Å². The highest BCUT2D eigenvalue weighted by molar-refractivity contribution is 8.27. The molecule has 2 aromatic rings. The Balaban J connectivity index is 1.43. The molecule has 0 saturated carbocycles. The van der Waals surface area contributed by atoms with Gasteiger partial charge in [0.2, 0.25) is 10.2 Å². The third-order valence-electron chi connectivity index (χ3n) is 5.95. The average Bonchev–Trinajstić information content (AvgIpc) is 3.35. The number of aliphatic imine (C=N–C) groups is 1. The van der Waals surface area contributed by atoms with Gasteiger partial charge in [0.25, 0.3) is 5.91 Å². The number of hydrogen-bond acceptors (Lipinski definition) is 7. The van der Waals surface area contributed by atoms with Crippen molar-refractivity contribution >= 4 is 39.8 Å². The zero-order valence-corrected chi connectivity index (χ0v) is 22.4. The lowest BCUT2D eigenvalue weighted by molar-refractivity contribution is -0.114. The number of halogens is 3. The summed E-state index contributed by atoms with van der Waals surface area (Å²) in [6.07, 6.45) is -2.28. The van der Waals surface area contributed by atoms with Crippen molar-refractivity contribution in [2.24, 2.45) is 10.1 Å². The van der Waals surface area contributed by atoms with E-state index < -0.39 is 23.0 Å². The Kier molecular flexibility index (Phi) is 8.63. The van der Waals surface area contributed by atoms with E-state index in [1.807, 2.05) is 12.1 Å². The summed E-state index contributed by atoms with van der Waals surface area (Å²) < 4.78 is 56.4. The van der Waals surface area contributed by atoms with Gasteiger partial charge in [0, 0.05) is 0 Å². The minimum atomic E-state index is -4.71. The van der Waals surface area contributed by atoms with Crippen molar-refractivity contribution in [2.45, 2.75) is 39.3 Å². The van der Waals surface area contributed by atoms with Crippen LogP contribution in [0.3, 0.4) is 0 Å². The number of amides is 1. The summed E-state index contributed by atoms with van der Waals surface area (Å²) in [5.41, 5.74) is 1.53. The van der Waals surface area contributed by atoms with Crippen LogP contribution in [0.15, 0.2) is 58.1 Å². The van der Waals surface area contributed by atoms with Gasteiger partial charge in [0.15, 0.2) is 17.3 Å². The van der Waals surface area contributed by atoms with Crippen LogP contribution in [0.4, 0.5) is 13.2 Å². The Morgan fingerprint density at radius 3 is 2.44 bits per heavy atom. The number of ether oxygens (including phenoxy) is 3. The zero-order valence-electron chi connectivity index (χ0n) is 21.5. The molecule has 2 aliphatic heterocycles. The number of carbonyl (C=O) groups excluding carboxylic acids is 1. The van der Waals surface area contributed by atoms with Crippen LogP contribution in [0.5, 0.6) is 17.2 Å². The topological polar surface area (TPSA) is 96.6 Å². The summed E-state index contributed by atoms with van der Waals surface area (Å²) in [7, 11) is 0. The number of nitrogens with zero attached hydrogens (tertiary/aromatic N) is 3. The molecular formula is C27H27F3N4O4S. The molecule has 2 aromatic carbocycles. The molecule has 1 amide bonds. The lowest BCUT2D eigenvalue weighted by Crippen LogP contribution is -2.35. The van der Waals surface area contributed by atoms with Gasteiger partial charge in [-0.1, -0.05) is 32.0 Å². The number of thioether (sulfide) groups is 1. The van der Waals surface area contributed by atoms with E-state index in [-0.39, 0.29) is 29.1 Å². The molecular weight excluding hydrogens is 533 g/mol. The molecule has 0 aliphatic carbocycles. The number of hydrazone groups is 1. The van der Waals surface area contributed by atoms with Gasteiger partial charge in [0.1, 0.15) is 19.0 Å². The van der Waals surface area contributed by atoms with Crippen molar-refractivity contribution in [2.75, 3.05) is 19.8 Å². The largest absolute Gasteiger partial charge is 0.490 e. The molecule has 39 heavy (non-hydrogen) atoms. The number of nitrogens with one attached hydrogen (secondary N) is 1. The molecule has 0 spiro atoms. The van der Waals surface area contributed by atoms with E-state index in [1.165, 1.54) is 11.6 Å². The molecule has 1 N–H and O–H groups in total. The standard InChI is InChI=1S/C27H27F3N4O4S/c1-4-16(3)18-7-9-19(10-8-18)37-12-13-38-21-11-6-17(15-22(21)36-5-2)14-20-23(31)34-26(32-24(20)35)39-25(33-34)27(28,29)30/h6-11,14-16,31H,4-5,12-13H2,1-3H3/b20-14+,31-23?/t16-/m1/s1. The first kappa shape index (κ1) is 28.2. The smallest absolute Gasteiger partial charge is 0.441 e. The fraction of sp³-hybridized carbons (Fsp3) is 0.333. The van der Waals surface area contributed by atoms with Crippen LogP contribution in [-0.2, 0) is 4.79 Å². The second kappa shape index (κ2) is 11.9. The zero-order chi connectivity index (χ0) is 28.2. The van der Waals surface area contributed by atoms with E-state index in [0.29, 0.717) is 41.2 Å². The number of alkyl halides is 3. The molecule has 0 unspecified atom stereocenters. The Hall–Kier alpha value is -3.80. The minimum absolute atomic E-state index is 0.199. The molecule has 0 radical (unpaired) electrons. The lowest BCUT2D eigenvalue weighted by atomic mass is 9.99. The predicted molar refractivity (Wildman–Crippen MR) is 145 cm³/mol. The van der Waals surface area contributed by atoms with Crippen molar-refractivity contribution in [1.29, 1.82) is 5.41 Å².